The molecule has 1 aliphatic heterocycles. The Morgan fingerprint density at radius 3 is 2.55 bits per heavy atom. The van der Waals surface area contributed by atoms with E-state index in [1.807, 2.05) is 38.1 Å². The quantitative estimate of drug-likeness (QED) is 0.194. The summed E-state index contributed by atoms with van der Waals surface area (Å²) in [6.45, 7) is 2.20. The number of carbonyl (C=O) groups excluding carboxylic acids is 2. The largest absolute Gasteiger partial charge is 0.507 e. The molecule has 194 valence electrons. The highest BCUT2D eigenvalue weighted by Gasteiger charge is 2.48. The molecule has 10 heteroatoms. The number of Topliss-reactive ketones (excluding diaryl/α,β-unsaturated/α-hetero) is 1. The first-order chi connectivity index (χ1) is 18.2. The van der Waals surface area contributed by atoms with Gasteiger partial charge >= 0.3 is 5.91 Å². The number of nitrogens with one attached hydrogen (secondary N) is 1. The third-order valence-electron chi connectivity index (χ3n) is 6.33. The predicted octanol–water partition coefficient (Wildman–Crippen LogP) is 5.45. The second kappa shape index (κ2) is 9.83. The number of aromatic nitrogens is 2. The van der Waals surface area contributed by atoms with Crippen molar-refractivity contribution in [2.45, 2.75) is 13.0 Å². The van der Waals surface area contributed by atoms with Gasteiger partial charge in [-0.2, -0.15) is 0 Å². The zero-order valence-electron chi connectivity index (χ0n) is 20.8. The van der Waals surface area contributed by atoms with Gasteiger partial charge in [-0.15, -0.1) is 0 Å². The van der Waals surface area contributed by atoms with Crippen LogP contribution in [0.2, 0.25) is 5.02 Å². The van der Waals surface area contributed by atoms with Crippen LogP contribution in [0, 0.1) is 5.82 Å². The van der Waals surface area contributed by atoms with Gasteiger partial charge < -0.3 is 19.7 Å². The minimum absolute atomic E-state index is 0.0441. The van der Waals surface area contributed by atoms with Gasteiger partial charge in [-0.1, -0.05) is 23.7 Å². The van der Waals surface area contributed by atoms with Gasteiger partial charge in [0, 0.05) is 25.3 Å². The van der Waals surface area contributed by atoms with Gasteiger partial charge in [0.15, 0.2) is 0 Å². The molecule has 0 radical (unpaired) electrons. The molecule has 0 spiro atoms. The molecule has 0 saturated carbocycles. The topological polar surface area (TPSA) is 98.8 Å². The molecule has 0 bridgehead atoms. The first-order valence-electron chi connectivity index (χ1n) is 11.9. The molecule has 2 N–H and O–H groups in total. The minimum Gasteiger partial charge on any atom is -0.507 e. The predicted molar refractivity (Wildman–Crippen MR) is 144 cm³/mol. The monoisotopic (exact) mass is 534 g/mol. The van der Waals surface area contributed by atoms with Crippen LogP contribution < -0.4 is 14.5 Å². The number of hydrogen-bond donors (Lipinski definition) is 2. The van der Waals surface area contributed by atoms with Crippen molar-refractivity contribution in [1.29, 1.82) is 0 Å². The number of hydrogen-bond acceptors (Lipinski definition) is 6. The number of imidazole rings is 1. The highest BCUT2D eigenvalue weighted by atomic mass is 35.5. The molecule has 8 nitrogen and oxygen atoms in total. The Bertz CT molecular complexity index is 1600. The Balaban J connectivity index is 1.72. The van der Waals surface area contributed by atoms with E-state index >= 15 is 0 Å². The van der Waals surface area contributed by atoms with Gasteiger partial charge in [-0.25, -0.2) is 9.37 Å². The molecule has 0 aliphatic carbocycles. The molecule has 1 amide bonds. The Kier molecular flexibility index (Phi) is 6.54. The van der Waals surface area contributed by atoms with Crippen molar-refractivity contribution < 1.29 is 23.8 Å². The summed E-state index contributed by atoms with van der Waals surface area (Å²) in [4.78, 5) is 37.4. The van der Waals surface area contributed by atoms with E-state index in [4.69, 9.17) is 16.3 Å². The summed E-state index contributed by atoms with van der Waals surface area (Å²) >= 11 is 6.41. The highest BCUT2D eigenvalue weighted by Crippen LogP contribution is 2.43. The van der Waals surface area contributed by atoms with Gasteiger partial charge in [0.05, 0.1) is 34.3 Å². The Hall–Kier alpha value is -4.37. The van der Waals surface area contributed by atoms with Crippen molar-refractivity contribution in [3.63, 3.8) is 0 Å². The smallest absolute Gasteiger partial charge is 0.302 e. The first-order valence-corrected chi connectivity index (χ1v) is 12.2. The van der Waals surface area contributed by atoms with Crippen molar-refractivity contribution in [3.8, 4) is 5.75 Å². The number of ketones is 1. The van der Waals surface area contributed by atoms with E-state index in [0.717, 1.165) is 5.69 Å². The Morgan fingerprint density at radius 2 is 1.87 bits per heavy atom. The molecule has 3 aromatic carbocycles. The van der Waals surface area contributed by atoms with Crippen LogP contribution in [0.15, 0.2) is 66.2 Å². The molecular formula is C28H24ClFN4O4. The number of fused-ring (bicyclic) bond motifs is 1. The number of H-pyrrole nitrogens is 1. The molecule has 1 unspecified atom stereocenters. The maximum atomic E-state index is 13.8. The van der Waals surface area contributed by atoms with Crippen LogP contribution in [0.5, 0.6) is 5.75 Å². The molecule has 1 fully saturated rings. The maximum absolute atomic E-state index is 13.8. The number of nitrogens with zero attached hydrogens (tertiary/aromatic N) is 3. The lowest BCUT2D eigenvalue weighted by molar-refractivity contribution is -0.132. The van der Waals surface area contributed by atoms with Crippen LogP contribution >= 0.6 is 11.6 Å². The van der Waals surface area contributed by atoms with E-state index in [1.54, 1.807) is 24.3 Å². The Labute approximate surface area is 222 Å². The summed E-state index contributed by atoms with van der Waals surface area (Å²) in [5.41, 5.74) is 2.22. The zero-order valence-corrected chi connectivity index (χ0v) is 21.6. The number of rotatable bonds is 6. The molecule has 1 saturated heterocycles. The van der Waals surface area contributed by atoms with Crippen LogP contribution in [0.3, 0.4) is 0 Å². The van der Waals surface area contributed by atoms with Crippen LogP contribution in [-0.4, -0.2) is 47.5 Å². The number of halogens is 2. The van der Waals surface area contributed by atoms with Crippen LogP contribution in [0.1, 0.15) is 24.1 Å². The molecule has 2 heterocycles. The van der Waals surface area contributed by atoms with Crippen LogP contribution in [0.4, 0.5) is 16.0 Å². The normalized spacial score (nSPS) is 16.9. The molecular weight excluding hydrogens is 511 g/mol. The molecule has 1 atom stereocenters. The average Bonchev–Trinajstić information content (AvgIpc) is 3.42. The number of amides is 1. The number of aliphatic hydroxyl groups excluding tert-OH is 1. The van der Waals surface area contributed by atoms with E-state index in [0.29, 0.717) is 29.0 Å². The van der Waals surface area contributed by atoms with E-state index in [-0.39, 0.29) is 22.1 Å². The van der Waals surface area contributed by atoms with Crippen molar-refractivity contribution in [2.75, 3.05) is 30.5 Å². The van der Waals surface area contributed by atoms with Crippen molar-refractivity contribution >= 4 is 51.7 Å². The van der Waals surface area contributed by atoms with Gasteiger partial charge in [0.2, 0.25) is 5.95 Å². The summed E-state index contributed by atoms with van der Waals surface area (Å²) in [5.74, 6) is -2.24. The van der Waals surface area contributed by atoms with E-state index in [9.17, 15) is 19.1 Å². The van der Waals surface area contributed by atoms with E-state index in [2.05, 4.69) is 9.97 Å². The molecule has 4 aromatic rings. The second-order valence-electron chi connectivity index (χ2n) is 8.95. The summed E-state index contributed by atoms with van der Waals surface area (Å²) in [7, 11) is 3.78. The number of benzene rings is 3. The van der Waals surface area contributed by atoms with Crippen LogP contribution in [-0.2, 0) is 9.59 Å². The third kappa shape index (κ3) is 4.35. The lowest BCUT2D eigenvalue weighted by atomic mass is 9.95. The van der Waals surface area contributed by atoms with Gasteiger partial charge in [0.1, 0.15) is 17.3 Å². The fraction of sp³-hybridized carbons (Fsp3) is 0.179. The van der Waals surface area contributed by atoms with Gasteiger partial charge in [-0.3, -0.25) is 14.5 Å². The zero-order chi connectivity index (χ0) is 27.1. The van der Waals surface area contributed by atoms with Crippen molar-refractivity contribution in [1.82, 2.24) is 9.97 Å². The van der Waals surface area contributed by atoms with Gasteiger partial charge in [-0.05, 0) is 61.0 Å². The lowest BCUT2D eigenvalue weighted by Gasteiger charge is -2.24. The third-order valence-corrected chi connectivity index (χ3v) is 6.66. The summed E-state index contributed by atoms with van der Waals surface area (Å²) in [5, 5.41) is 11.6. The number of aliphatic hydroxyl groups is 1. The lowest BCUT2D eigenvalue weighted by Crippen LogP contribution is -2.30. The minimum atomic E-state index is -1.04. The first kappa shape index (κ1) is 25.3. The fourth-order valence-electron chi connectivity index (χ4n) is 4.49. The fourth-order valence-corrected chi connectivity index (χ4v) is 4.70. The number of aromatic amines is 1. The molecule has 1 aromatic heterocycles. The SMILES string of the molecule is CCOc1ccc(Cl)c(/C(O)=C2\C(=O)C(=O)N(c3nc4ccc(F)cc4[nH]3)C2c2ccc(N(C)C)cc2)c1. The Morgan fingerprint density at radius 1 is 1.13 bits per heavy atom. The molecule has 1 aliphatic rings. The van der Waals surface area contributed by atoms with Crippen molar-refractivity contribution in [2.24, 2.45) is 0 Å². The molecule has 5 rings (SSSR count). The second-order valence-corrected chi connectivity index (χ2v) is 9.36. The summed E-state index contributed by atoms with van der Waals surface area (Å²) in [6, 6.07) is 14.9. The summed E-state index contributed by atoms with van der Waals surface area (Å²) < 4.78 is 19.4. The summed E-state index contributed by atoms with van der Waals surface area (Å²) in [6.07, 6.45) is 0. The average molecular weight is 535 g/mol. The van der Waals surface area contributed by atoms with Crippen molar-refractivity contribution in [3.05, 3.63) is 88.2 Å². The van der Waals surface area contributed by atoms with Crippen LogP contribution in [0.25, 0.3) is 16.8 Å². The number of anilines is 2. The number of carbonyl (C=O) groups is 2. The highest BCUT2D eigenvalue weighted by molar-refractivity contribution is 6.51. The van der Waals surface area contributed by atoms with E-state index in [1.165, 1.54) is 29.2 Å². The standard InChI is InChI=1S/C28H24ClFN4O4/c1-4-38-18-10-11-20(29)19(14-18)25(35)23-24(15-5-8-17(9-6-15)33(2)3)34(27(37)26(23)36)28-31-21-12-7-16(30)13-22(21)32-28/h5-14,24,35H,4H2,1-3H3,(H,31,32)/b25-23+. The number of ether oxygens (including phenoxy) is 1. The molecule has 38 heavy (non-hydrogen) atoms. The maximum Gasteiger partial charge on any atom is 0.302 e. The van der Waals surface area contributed by atoms with E-state index < -0.39 is 29.3 Å². The van der Waals surface area contributed by atoms with Gasteiger partial charge in [0.25, 0.3) is 5.78 Å².